The number of ether oxygens (including phenoxy) is 1. The molecule has 1 aromatic heterocycles. The van der Waals surface area contributed by atoms with Crippen LogP contribution in [0.3, 0.4) is 0 Å². The number of aliphatic hydroxyl groups excluding tert-OH is 1. The van der Waals surface area contributed by atoms with E-state index in [0.717, 1.165) is 11.1 Å². The fraction of sp³-hybridized carbons (Fsp3) is 0.0870. The van der Waals surface area contributed by atoms with Gasteiger partial charge in [-0.25, -0.2) is 15.0 Å². The Kier molecular flexibility index (Phi) is 5.45. The van der Waals surface area contributed by atoms with Crippen LogP contribution in [-0.4, -0.2) is 38.4 Å². The van der Waals surface area contributed by atoms with Gasteiger partial charge in [-0.05, 0) is 12.1 Å². The van der Waals surface area contributed by atoms with Crippen molar-refractivity contribution in [2.24, 2.45) is 0 Å². The van der Waals surface area contributed by atoms with Crippen molar-refractivity contribution in [2.75, 3.05) is 13.2 Å². The number of nitrogens with zero attached hydrogens (tertiary/aromatic N) is 3. The molecule has 3 aromatic carbocycles. The van der Waals surface area contributed by atoms with Gasteiger partial charge in [0.1, 0.15) is 18.1 Å². The number of aromatic hydroxyl groups is 1. The van der Waals surface area contributed by atoms with Gasteiger partial charge in [0, 0.05) is 17.2 Å². The molecule has 1 heterocycles. The van der Waals surface area contributed by atoms with E-state index < -0.39 is 0 Å². The second-order valence-electron chi connectivity index (χ2n) is 6.29. The maximum atomic E-state index is 10.5. The van der Waals surface area contributed by atoms with E-state index in [-0.39, 0.29) is 19.0 Å². The van der Waals surface area contributed by atoms with Crippen molar-refractivity contribution in [1.29, 1.82) is 0 Å². The third-order valence-corrected chi connectivity index (χ3v) is 4.27. The molecule has 29 heavy (non-hydrogen) atoms. The monoisotopic (exact) mass is 385 g/mol. The molecule has 0 aliphatic heterocycles. The van der Waals surface area contributed by atoms with Gasteiger partial charge in [-0.2, -0.15) is 0 Å². The average molecular weight is 385 g/mol. The molecular weight excluding hydrogens is 366 g/mol. The van der Waals surface area contributed by atoms with Crippen molar-refractivity contribution in [3.8, 4) is 45.7 Å². The van der Waals surface area contributed by atoms with Crippen molar-refractivity contribution in [3.05, 3.63) is 78.9 Å². The van der Waals surface area contributed by atoms with Crippen LogP contribution in [0, 0.1) is 0 Å². The van der Waals surface area contributed by atoms with E-state index >= 15 is 0 Å². The van der Waals surface area contributed by atoms with Gasteiger partial charge in [0.15, 0.2) is 17.5 Å². The largest absolute Gasteiger partial charge is 0.507 e. The van der Waals surface area contributed by atoms with Crippen molar-refractivity contribution >= 4 is 0 Å². The molecule has 0 amide bonds. The molecule has 0 aliphatic carbocycles. The molecule has 6 nitrogen and oxygen atoms in total. The van der Waals surface area contributed by atoms with Crippen LogP contribution in [0.5, 0.6) is 11.5 Å². The van der Waals surface area contributed by atoms with Crippen LogP contribution in [0.1, 0.15) is 0 Å². The van der Waals surface area contributed by atoms with Gasteiger partial charge in [-0.15, -0.1) is 0 Å². The van der Waals surface area contributed by atoms with E-state index in [1.165, 1.54) is 6.07 Å². The van der Waals surface area contributed by atoms with Crippen molar-refractivity contribution in [1.82, 2.24) is 15.0 Å². The molecule has 0 fully saturated rings. The van der Waals surface area contributed by atoms with Crippen molar-refractivity contribution in [3.63, 3.8) is 0 Å². The number of aromatic nitrogens is 3. The minimum atomic E-state index is -0.100. The van der Waals surface area contributed by atoms with Crippen LogP contribution in [-0.2, 0) is 0 Å². The molecule has 0 bridgehead atoms. The molecule has 6 heteroatoms. The Balaban J connectivity index is 1.83. The summed E-state index contributed by atoms with van der Waals surface area (Å²) < 4.78 is 5.35. The molecule has 0 unspecified atom stereocenters. The van der Waals surface area contributed by atoms with Gasteiger partial charge in [-0.1, -0.05) is 60.7 Å². The topological polar surface area (TPSA) is 88.4 Å². The summed E-state index contributed by atoms with van der Waals surface area (Å²) in [5, 5.41) is 19.4. The van der Waals surface area contributed by atoms with Gasteiger partial charge in [0.25, 0.3) is 0 Å². The highest BCUT2D eigenvalue weighted by molar-refractivity contribution is 5.70. The molecular formula is C23H19N3O3. The lowest BCUT2D eigenvalue weighted by Crippen LogP contribution is -2.02. The first-order chi connectivity index (χ1) is 14.2. The van der Waals surface area contributed by atoms with Gasteiger partial charge in [0.2, 0.25) is 0 Å². The Bertz CT molecular complexity index is 1050. The predicted octanol–water partition coefficient (Wildman–Crippen LogP) is 3.95. The Hall–Kier alpha value is -3.77. The van der Waals surface area contributed by atoms with Gasteiger partial charge in [-0.3, -0.25) is 0 Å². The number of rotatable bonds is 6. The SMILES string of the molecule is OCCOc1ccc(-c2nc(-c3ccccc3)nc(-c3ccccc3)n2)c(O)c1. The Morgan fingerprint density at radius 1 is 0.690 bits per heavy atom. The minimum absolute atomic E-state index is 0.00957. The molecule has 0 spiro atoms. The zero-order valence-electron chi connectivity index (χ0n) is 15.6. The lowest BCUT2D eigenvalue weighted by atomic mass is 10.1. The van der Waals surface area contributed by atoms with Crippen LogP contribution >= 0.6 is 0 Å². The Labute approximate surface area is 168 Å². The molecule has 0 saturated heterocycles. The highest BCUT2D eigenvalue weighted by Gasteiger charge is 2.15. The summed E-state index contributed by atoms with van der Waals surface area (Å²) in [5.74, 6) is 1.86. The average Bonchev–Trinajstić information content (AvgIpc) is 2.78. The molecule has 0 aliphatic rings. The van der Waals surface area contributed by atoms with Crippen LogP contribution in [0.2, 0.25) is 0 Å². The normalized spacial score (nSPS) is 10.7. The lowest BCUT2D eigenvalue weighted by molar-refractivity contribution is 0.201. The lowest BCUT2D eigenvalue weighted by Gasteiger charge is -2.10. The summed E-state index contributed by atoms with van der Waals surface area (Å²) in [5.41, 5.74) is 2.18. The van der Waals surface area contributed by atoms with Crippen molar-refractivity contribution in [2.45, 2.75) is 0 Å². The maximum Gasteiger partial charge on any atom is 0.167 e. The first kappa shape index (κ1) is 18.6. The van der Waals surface area contributed by atoms with Crippen molar-refractivity contribution < 1.29 is 14.9 Å². The third kappa shape index (κ3) is 4.23. The summed E-state index contributed by atoms with van der Waals surface area (Å²) in [6.07, 6.45) is 0. The molecule has 0 radical (unpaired) electrons. The summed E-state index contributed by atoms with van der Waals surface area (Å²) in [6.45, 7) is 0.0533. The Morgan fingerprint density at radius 3 is 1.76 bits per heavy atom. The summed E-state index contributed by atoms with van der Waals surface area (Å²) in [7, 11) is 0. The number of phenols is 1. The maximum absolute atomic E-state index is 10.5. The summed E-state index contributed by atoms with van der Waals surface area (Å²) in [6, 6.07) is 24.2. The predicted molar refractivity (Wildman–Crippen MR) is 110 cm³/mol. The van der Waals surface area contributed by atoms with E-state index in [9.17, 15) is 5.11 Å². The molecule has 0 saturated carbocycles. The smallest absolute Gasteiger partial charge is 0.167 e. The third-order valence-electron chi connectivity index (χ3n) is 4.27. The molecule has 144 valence electrons. The highest BCUT2D eigenvalue weighted by atomic mass is 16.5. The van der Waals surface area contributed by atoms with Gasteiger partial charge >= 0.3 is 0 Å². The van der Waals surface area contributed by atoms with E-state index in [0.29, 0.717) is 28.8 Å². The minimum Gasteiger partial charge on any atom is -0.507 e. The van der Waals surface area contributed by atoms with Crippen LogP contribution in [0.25, 0.3) is 34.2 Å². The van der Waals surface area contributed by atoms with Gasteiger partial charge in [0.05, 0.1) is 12.2 Å². The molecule has 4 rings (SSSR count). The zero-order valence-corrected chi connectivity index (χ0v) is 15.6. The van der Waals surface area contributed by atoms with E-state index in [4.69, 9.17) is 9.84 Å². The van der Waals surface area contributed by atoms with Gasteiger partial charge < -0.3 is 14.9 Å². The number of hydrogen-bond donors (Lipinski definition) is 2. The number of aliphatic hydroxyl groups is 1. The number of phenolic OH excluding ortho intramolecular Hbond substituents is 1. The van der Waals surface area contributed by atoms with E-state index in [1.807, 2.05) is 60.7 Å². The number of benzene rings is 3. The molecule has 2 N–H and O–H groups in total. The number of hydrogen-bond acceptors (Lipinski definition) is 6. The zero-order chi connectivity index (χ0) is 20.1. The molecule has 4 aromatic rings. The van der Waals surface area contributed by atoms with E-state index in [1.54, 1.807) is 12.1 Å². The second-order valence-corrected chi connectivity index (χ2v) is 6.29. The first-order valence-electron chi connectivity index (χ1n) is 9.18. The Morgan fingerprint density at radius 2 is 1.24 bits per heavy atom. The summed E-state index contributed by atoms with van der Waals surface area (Å²) >= 11 is 0. The van der Waals surface area contributed by atoms with Crippen LogP contribution in [0.4, 0.5) is 0 Å². The fourth-order valence-electron chi connectivity index (χ4n) is 2.88. The second kappa shape index (κ2) is 8.50. The van der Waals surface area contributed by atoms with E-state index in [2.05, 4.69) is 15.0 Å². The molecule has 0 atom stereocenters. The van der Waals surface area contributed by atoms with Crippen LogP contribution < -0.4 is 4.74 Å². The standard InChI is InChI=1S/C23H19N3O3/c27-13-14-29-18-11-12-19(20(28)15-18)23-25-21(16-7-3-1-4-8-16)24-22(26-23)17-9-5-2-6-10-17/h1-12,15,27-28H,13-14H2. The highest BCUT2D eigenvalue weighted by Crippen LogP contribution is 2.32. The first-order valence-corrected chi connectivity index (χ1v) is 9.18. The quantitative estimate of drug-likeness (QED) is 0.522. The van der Waals surface area contributed by atoms with Crippen LogP contribution in [0.15, 0.2) is 78.9 Å². The fourth-order valence-corrected chi connectivity index (χ4v) is 2.88. The summed E-state index contributed by atoms with van der Waals surface area (Å²) in [4.78, 5) is 13.8.